The SMILES string of the molecule is C=CCN1C(=O)C(C)NC(=O)C1(CC)CC. The van der Waals surface area contributed by atoms with Crippen molar-refractivity contribution in [2.75, 3.05) is 6.54 Å². The van der Waals surface area contributed by atoms with Gasteiger partial charge in [0.15, 0.2) is 0 Å². The van der Waals surface area contributed by atoms with Crippen molar-refractivity contribution in [3.05, 3.63) is 12.7 Å². The van der Waals surface area contributed by atoms with Crippen LogP contribution < -0.4 is 5.32 Å². The summed E-state index contributed by atoms with van der Waals surface area (Å²) in [5, 5.41) is 2.75. The molecule has 0 saturated carbocycles. The highest BCUT2D eigenvalue weighted by Crippen LogP contribution is 2.28. The van der Waals surface area contributed by atoms with E-state index < -0.39 is 11.6 Å². The molecular formula is C12H20N2O2. The minimum Gasteiger partial charge on any atom is -0.343 e. The fraction of sp³-hybridized carbons (Fsp3) is 0.667. The summed E-state index contributed by atoms with van der Waals surface area (Å²) in [4.78, 5) is 25.8. The molecule has 1 saturated heterocycles. The molecule has 1 heterocycles. The molecule has 0 spiro atoms. The van der Waals surface area contributed by atoms with Crippen molar-refractivity contribution in [2.45, 2.75) is 45.2 Å². The van der Waals surface area contributed by atoms with Gasteiger partial charge in [-0.05, 0) is 19.8 Å². The Morgan fingerprint density at radius 3 is 2.44 bits per heavy atom. The Bertz CT molecular complexity index is 308. The zero-order valence-electron chi connectivity index (χ0n) is 10.2. The predicted molar refractivity (Wildman–Crippen MR) is 62.8 cm³/mol. The molecule has 90 valence electrons. The summed E-state index contributed by atoms with van der Waals surface area (Å²) in [6, 6.07) is -0.432. The number of carbonyl (C=O) groups excluding carboxylic acids is 2. The summed E-state index contributed by atoms with van der Waals surface area (Å²) in [5.74, 6) is -0.0744. The minimum atomic E-state index is -0.697. The second-order valence-electron chi connectivity index (χ2n) is 4.17. The maximum Gasteiger partial charge on any atom is 0.246 e. The number of rotatable bonds is 4. The van der Waals surface area contributed by atoms with Crippen molar-refractivity contribution in [1.82, 2.24) is 10.2 Å². The van der Waals surface area contributed by atoms with Crippen LogP contribution in [-0.4, -0.2) is 34.8 Å². The maximum absolute atomic E-state index is 12.1. The first-order valence-corrected chi connectivity index (χ1v) is 5.76. The Balaban J connectivity index is 3.14. The number of carbonyl (C=O) groups is 2. The highest BCUT2D eigenvalue weighted by Gasteiger charge is 2.48. The molecule has 0 radical (unpaired) electrons. The summed E-state index contributed by atoms with van der Waals surface area (Å²) in [5.41, 5.74) is -0.697. The molecule has 16 heavy (non-hydrogen) atoms. The van der Waals surface area contributed by atoms with Crippen LogP contribution in [0.3, 0.4) is 0 Å². The fourth-order valence-electron chi connectivity index (χ4n) is 2.31. The summed E-state index contributed by atoms with van der Waals surface area (Å²) in [6.45, 7) is 9.66. The van der Waals surface area contributed by atoms with Crippen LogP contribution in [0.4, 0.5) is 0 Å². The molecule has 0 aromatic heterocycles. The number of amides is 2. The number of piperazine rings is 1. The standard InChI is InChI=1S/C12H20N2O2/c1-5-8-14-10(15)9(4)13-11(16)12(14,6-2)7-3/h5,9H,1,6-8H2,2-4H3,(H,13,16). The minimum absolute atomic E-state index is 0.0248. The van der Waals surface area contributed by atoms with E-state index in [9.17, 15) is 9.59 Å². The molecule has 0 aromatic carbocycles. The third-order valence-corrected chi connectivity index (χ3v) is 3.40. The highest BCUT2D eigenvalue weighted by molar-refractivity contribution is 5.99. The first-order chi connectivity index (χ1) is 7.53. The van der Waals surface area contributed by atoms with Crippen LogP contribution in [-0.2, 0) is 9.59 Å². The van der Waals surface area contributed by atoms with E-state index in [1.54, 1.807) is 17.9 Å². The van der Waals surface area contributed by atoms with Crippen molar-refractivity contribution >= 4 is 11.8 Å². The molecular weight excluding hydrogens is 204 g/mol. The molecule has 2 amide bonds. The van der Waals surface area contributed by atoms with Gasteiger partial charge >= 0.3 is 0 Å². The second-order valence-corrected chi connectivity index (χ2v) is 4.17. The largest absolute Gasteiger partial charge is 0.343 e. The van der Waals surface area contributed by atoms with E-state index in [2.05, 4.69) is 11.9 Å². The molecule has 4 nitrogen and oxygen atoms in total. The summed E-state index contributed by atoms with van der Waals surface area (Å²) in [6.07, 6.45) is 2.92. The van der Waals surface area contributed by atoms with Crippen LogP contribution in [0.15, 0.2) is 12.7 Å². The molecule has 0 aliphatic carbocycles. The highest BCUT2D eigenvalue weighted by atomic mass is 16.2. The van der Waals surface area contributed by atoms with Gasteiger partial charge in [-0.25, -0.2) is 0 Å². The Labute approximate surface area is 96.7 Å². The first kappa shape index (κ1) is 12.7. The lowest BCUT2D eigenvalue weighted by atomic mass is 9.86. The first-order valence-electron chi connectivity index (χ1n) is 5.76. The van der Waals surface area contributed by atoms with E-state index >= 15 is 0 Å². The summed E-state index contributed by atoms with van der Waals surface area (Å²) in [7, 11) is 0. The van der Waals surface area contributed by atoms with Crippen LogP contribution in [0, 0.1) is 0 Å². The van der Waals surface area contributed by atoms with Gasteiger partial charge in [0, 0.05) is 6.54 Å². The third-order valence-electron chi connectivity index (χ3n) is 3.40. The predicted octanol–water partition coefficient (Wildman–Crippen LogP) is 1.08. The fourth-order valence-corrected chi connectivity index (χ4v) is 2.31. The van der Waals surface area contributed by atoms with Crippen LogP contribution in [0.2, 0.25) is 0 Å². The van der Waals surface area contributed by atoms with Gasteiger partial charge in [-0.3, -0.25) is 9.59 Å². The Hall–Kier alpha value is -1.32. The van der Waals surface area contributed by atoms with Crippen molar-refractivity contribution in [3.63, 3.8) is 0 Å². The zero-order chi connectivity index (χ0) is 12.3. The lowest BCUT2D eigenvalue weighted by Gasteiger charge is -2.46. The molecule has 1 unspecified atom stereocenters. The number of nitrogens with zero attached hydrogens (tertiary/aromatic N) is 1. The van der Waals surface area contributed by atoms with E-state index in [0.29, 0.717) is 19.4 Å². The van der Waals surface area contributed by atoms with Crippen LogP contribution in [0.25, 0.3) is 0 Å². The molecule has 1 aliphatic rings. The number of nitrogens with one attached hydrogen (secondary N) is 1. The van der Waals surface area contributed by atoms with Gasteiger partial charge in [-0.1, -0.05) is 19.9 Å². The van der Waals surface area contributed by atoms with Crippen molar-refractivity contribution in [1.29, 1.82) is 0 Å². The lowest BCUT2D eigenvalue weighted by Crippen LogP contribution is -2.69. The number of hydrogen-bond donors (Lipinski definition) is 1. The normalized spacial score (nSPS) is 24.2. The quantitative estimate of drug-likeness (QED) is 0.726. The van der Waals surface area contributed by atoms with Gasteiger partial charge in [0.25, 0.3) is 0 Å². The van der Waals surface area contributed by atoms with Gasteiger partial charge in [-0.15, -0.1) is 6.58 Å². The molecule has 1 N–H and O–H groups in total. The maximum atomic E-state index is 12.1. The van der Waals surface area contributed by atoms with Gasteiger partial charge in [-0.2, -0.15) is 0 Å². The zero-order valence-corrected chi connectivity index (χ0v) is 10.2. The summed E-state index contributed by atoms with van der Waals surface area (Å²) >= 11 is 0. The average molecular weight is 224 g/mol. The van der Waals surface area contributed by atoms with Gasteiger partial charge in [0.05, 0.1) is 0 Å². The van der Waals surface area contributed by atoms with Gasteiger partial charge in [0.1, 0.15) is 11.6 Å². The van der Waals surface area contributed by atoms with Gasteiger partial charge < -0.3 is 10.2 Å². The molecule has 0 aromatic rings. The molecule has 4 heteroatoms. The van der Waals surface area contributed by atoms with Crippen molar-refractivity contribution in [2.24, 2.45) is 0 Å². The summed E-state index contributed by atoms with van der Waals surface area (Å²) < 4.78 is 0. The molecule has 1 aliphatic heterocycles. The van der Waals surface area contributed by atoms with E-state index in [4.69, 9.17) is 0 Å². The Kier molecular flexibility index (Phi) is 3.73. The van der Waals surface area contributed by atoms with E-state index in [-0.39, 0.29) is 11.8 Å². The van der Waals surface area contributed by atoms with Crippen LogP contribution in [0.5, 0.6) is 0 Å². The van der Waals surface area contributed by atoms with Gasteiger partial charge in [0.2, 0.25) is 11.8 Å². The average Bonchev–Trinajstić information content (AvgIpc) is 2.27. The van der Waals surface area contributed by atoms with Crippen molar-refractivity contribution < 1.29 is 9.59 Å². The second kappa shape index (κ2) is 4.68. The van der Waals surface area contributed by atoms with E-state index in [1.165, 1.54) is 0 Å². The smallest absolute Gasteiger partial charge is 0.246 e. The molecule has 0 bridgehead atoms. The van der Waals surface area contributed by atoms with E-state index in [1.807, 2.05) is 13.8 Å². The number of hydrogen-bond acceptors (Lipinski definition) is 2. The topological polar surface area (TPSA) is 49.4 Å². The lowest BCUT2D eigenvalue weighted by molar-refractivity contribution is -0.156. The molecule has 1 atom stereocenters. The van der Waals surface area contributed by atoms with Crippen LogP contribution in [0.1, 0.15) is 33.6 Å². The van der Waals surface area contributed by atoms with Crippen LogP contribution >= 0.6 is 0 Å². The Morgan fingerprint density at radius 2 is 2.00 bits per heavy atom. The van der Waals surface area contributed by atoms with E-state index in [0.717, 1.165) is 0 Å². The Morgan fingerprint density at radius 1 is 1.44 bits per heavy atom. The monoisotopic (exact) mass is 224 g/mol. The molecule has 1 rings (SSSR count). The third kappa shape index (κ3) is 1.72. The van der Waals surface area contributed by atoms with Crippen molar-refractivity contribution in [3.8, 4) is 0 Å². The molecule has 1 fully saturated rings.